The summed E-state index contributed by atoms with van der Waals surface area (Å²) in [7, 11) is 0. The Morgan fingerprint density at radius 2 is 1.62 bits per heavy atom. The zero-order chi connectivity index (χ0) is 24.4. The van der Waals surface area contributed by atoms with Gasteiger partial charge in [-0.25, -0.2) is 9.69 Å². The van der Waals surface area contributed by atoms with E-state index in [1.807, 2.05) is 26.0 Å². The van der Waals surface area contributed by atoms with Crippen LogP contribution in [0.15, 0.2) is 66.2 Å². The number of amides is 4. The van der Waals surface area contributed by atoms with Crippen LogP contribution in [-0.2, 0) is 16.2 Å². The van der Waals surface area contributed by atoms with Gasteiger partial charge in [0.15, 0.2) is 0 Å². The van der Waals surface area contributed by atoms with Crippen LogP contribution in [0, 0.1) is 13.8 Å². The highest BCUT2D eigenvalue weighted by molar-refractivity contribution is 6.42. The number of hydrogen-bond acceptors (Lipinski definition) is 4. The van der Waals surface area contributed by atoms with Gasteiger partial charge in [-0.3, -0.25) is 14.9 Å². The monoisotopic (exact) mass is 494 g/mol. The Bertz CT molecular complexity index is 1330. The van der Waals surface area contributed by atoms with E-state index in [1.165, 1.54) is 12.1 Å². The summed E-state index contributed by atoms with van der Waals surface area (Å²) in [6, 6.07) is 16.6. The summed E-state index contributed by atoms with van der Waals surface area (Å²) in [4.78, 5) is 38.6. The van der Waals surface area contributed by atoms with Crippen LogP contribution in [0.1, 0.15) is 22.3 Å². The molecule has 0 unspecified atom stereocenters. The van der Waals surface area contributed by atoms with Gasteiger partial charge in [-0.2, -0.15) is 0 Å². The van der Waals surface area contributed by atoms with Crippen molar-refractivity contribution in [3.63, 3.8) is 0 Å². The van der Waals surface area contributed by atoms with Crippen molar-refractivity contribution in [2.45, 2.75) is 20.5 Å². The van der Waals surface area contributed by atoms with Crippen LogP contribution in [0.5, 0.6) is 5.75 Å². The molecule has 1 heterocycles. The van der Waals surface area contributed by atoms with Gasteiger partial charge in [-0.1, -0.05) is 70.7 Å². The van der Waals surface area contributed by atoms with Gasteiger partial charge in [-0.15, -0.1) is 0 Å². The second-order valence-electron chi connectivity index (χ2n) is 7.88. The second kappa shape index (κ2) is 9.71. The average Bonchev–Trinajstić information content (AvgIpc) is 2.76. The van der Waals surface area contributed by atoms with Crippen molar-refractivity contribution in [3.8, 4) is 5.75 Å². The van der Waals surface area contributed by atoms with Crippen molar-refractivity contribution in [1.82, 2.24) is 5.32 Å². The van der Waals surface area contributed by atoms with Gasteiger partial charge in [0.25, 0.3) is 11.8 Å². The Balaban J connectivity index is 1.57. The molecule has 1 aliphatic rings. The SMILES string of the molecule is Cc1cc(C)cc(COc2ccc(/C=C3\C(=O)NC(=O)N(c4ccccc4Cl)C3=O)cc2Cl)c1. The first-order chi connectivity index (χ1) is 16.2. The van der Waals surface area contributed by atoms with Crippen molar-refractivity contribution in [1.29, 1.82) is 0 Å². The largest absolute Gasteiger partial charge is 0.487 e. The molecular weight excluding hydrogens is 475 g/mol. The van der Waals surface area contributed by atoms with Crippen LogP contribution in [0.2, 0.25) is 10.0 Å². The molecule has 6 nitrogen and oxygen atoms in total. The first-order valence-corrected chi connectivity index (χ1v) is 11.1. The number of aryl methyl sites for hydroxylation is 2. The van der Waals surface area contributed by atoms with E-state index >= 15 is 0 Å². The van der Waals surface area contributed by atoms with Crippen molar-refractivity contribution < 1.29 is 19.1 Å². The molecular formula is C26H20Cl2N2O4. The number of benzene rings is 3. The fourth-order valence-electron chi connectivity index (χ4n) is 3.71. The third-order valence-corrected chi connectivity index (χ3v) is 5.75. The number of carbonyl (C=O) groups excluding carboxylic acids is 3. The molecule has 1 saturated heterocycles. The number of imide groups is 2. The minimum absolute atomic E-state index is 0.179. The molecule has 0 aliphatic carbocycles. The fraction of sp³-hybridized carbons (Fsp3) is 0.115. The quantitative estimate of drug-likeness (QED) is 0.356. The number of para-hydroxylation sites is 1. The Hall–Kier alpha value is -3.61. The Labute approximate surface area is 206 Å². The van der Waals surface area contributed by atoms with Crippen molar-refractivity contribution in [2.75, 3.05) is 4.90 Å². The maximum atomic E-state index is 13.0. The summed E-state index contributed by atoms with van der Waals surface area (Å²) in [5.74, 6) is -1.12. The van der Waals surface area contributed by atoms with Gasteiger partial charge in [0, 0.05) is 0 Å². The van der Waals surface area contributed by atoms with E-state index in [0.29, 0.717) is 22.9 Å². The summed E-state index contributed by atoms with van der Waals surface area (Å²) in [5, 5.41) is 2.69. The molecule has 0 radical (unpaired) electrons. The van der Waals surface area contributed by atoms with Gasteiger partial charge in [0.2, 0.25) is 0 Å². The van der Waals surface area contributed by atoms with Crippen LogP contribution in [-0.4, -0.2) is 17.8 Å². The van der Waals surface area contributed by atoms with E-state index in [-0.39, 0.29) is 16.3 Å². The third kappa shape index (κ3) is 4.98. The number of carbonyl (C=O) groups is 3. The number of nitrogens with one attached hydrogen (secondary N) is 1. The van der Waals surface area contributed by atoms with Crippen LogP contribution in [0.25, 0.3) is 6.08 Å². The summed E-state index contributed by atoms with van der Waals surface area (Å²) in [5.41, 5.74) is 3.76. The summed E-state index contributed by atoms with van der Waals surface area (Å²) in [6.07, 6.45) is 1.37. The normalized spacial score (nSPS) is 15.0. The minimum atomic E-state index is -0.867. The Kier molecular flexibility index (Phi) is 6.72. The van der Waals surface area contributed by atoms with Crippen LogP contribution in [0.3, 0.4) is 0 Å². The van der Waals surface area contributed by atoms with Crippen molar-refractivity contribution >= 4 is 52.8 Å². The number of rotatable bonds is 5. The molecule has 0 aromatic heterocycles. The highest BCUT2D eigenvalue weighted by Gasteiger charge is 2.37. The molecule has 172 valence electrons. The van der Waals surface area contributed by atoms with Gasteiger partial charge in [-0.05, 0) is 55.3 Å². The van der Waals surface area contributed by atoms with E-state index < -0.39 is 17.8 Å². The molecule has 3 aromatic carbocycles. The molecule has 1 aliphatic heterocycles. The van der Waals surface area contributed by atoms with Gasteiger partial charge >= 0.3 is 6.03 Å². The van der Waals surface area contributed by atoms with E-state index in [9.17, 15) is 14.4 Å². The minimum Gasteiger partial charge on any atom is -0.487 e. The van der Waals surface area contributed by atoms with Gasteiger partial charge in [0.05, 0.1) is 15.7 Å². The van der Waals surface area contributed by atoms with Crippen LogP contribution in [0.4, 0.5) is 10.5 Å². The molecule has 8 heteroatoms. The van der Waals surface area contributed by atoms with E-state index in [2.05, 4.69) is 11.4 Å². The number of barbiturate groups is 1. The average molecular weight is 495 g/mol. The smallest absolute Gasteiger partial charge is 0.335 e. The molecule has 0 spiro atoms. The molecule has 34 heavy (non-hydrogen) atoms. The lowest BCUT2D eigenvalue weighted by atomic mass is 10.1. The summed E-state index contributed by atoms with van der Waals surface area (Å²) in [6.45, 7) is 4.39. The lowest BCUT2D eigenvalue weighted by molar-refractivity contribution is -0.122. The second-order valence-corrected chi connectivity index (χ2v) is 8.70. The maximum Gasteiger partial charge on any atom is 0.335 e. The molecule has 4 amide bonds. The predicted molar refractivity (Wildman–Crippen MR) is 132 cm³/mol. The molecule has 0 saturated carbocycles. The van der Waals surface area contributed by atoms with Crippen LogP contribution >= 0.6 is 23.2 Å². The Morgan fingerprint density at radius 3 is 2.29 bits per heavy atom. The highest BCUT2D eigenvalue weighted by Crippen LogP contribution is 2.30. The molecule has 3 aromatic rings. The molecule has 1 N–H and O–H groups in total. The van der Waals surface area contributed by atoms with E-state index in [0.717, 1.165) is 21.6 Å². The first kappa shape index (κ1) is 23.5. The van der Waals surface area contributed by atoms with Crippen molar-refractivity contribution in [3.05, 3.63) is 98.5 Å². The summed E-state index contributed by atoms with van der Waals surface area (Å²) >= 11 is 12.5. The predicted octanol–water partition coefficient (Wildman–Crippen LogP) is 5.86. The number of ether oxygens (including phenoxy) is 1. The van der Waals surface area contributed by atoms with E-state index in [4.69, 9.17) is 27.9 Å². The lowest BCUT2D eigenvalue weighted by Gasteiger charge is -2.27. The van der Waals surface area contributed by atoms with Gasteiger partial charge < -0.3 is 4.74 Å². The molecule has 0 bridgehead atoms. The number of hydrogen-bond donors (Lipinski definition) is 1. The zero-order valence-corrected chi connectivity index (χ0v) is 19.9. The highest BCUT2D eigenvalue weighted by atomic mass is 35.5. The number of anilines is 1. The zero-order valence-electron chi connectivity index (χ0n) is 18.4. The number of nitrogens with zero attached hydrogens (tertiary/aromatic N) is 1. The van der Waals surface area contributed by atoms with Gasteiger partial charge in [0.1, 0.15) is 17.9 Å². The standard InChI is InChI=1S/C26H20Cl2N2O4/c1-15-9-16(2)11-18(10-15)14-34-23-8-7-17(13-21(23)28)12-19-24(31)29-26(33)30(25(19)32)22-6-4-3-5-20(22)27/h3-13H,14H2,1-2H3,(H,29,31,33)/b19-12+. The summed E-state index contributed by atoms with van der Waals surface area (Å²) < 4.78 is 5.86. The maximum absolute atomic E-state index is 13.0. The topological polar surface area (TPSA) is 75.7 Å². The van der Waals surface area contributed by atoms with Crippen molar-refractivity contribution in [2.24, 2.45) is 0 Å². The Morgan fingerprint density at radius 1 is 0.912 bits per heavy atom. The van der Waals surface area contributed by atoms with Crippen LogP contribution < -0.4 is 15.0 Å². The third-order valence-electron chi connectivity index (χ3n) is 5.14. The fourth-order valence-corrected chi connectivity index (χ4v) is 4.18. The lowest BCUT2D eigenvalue weighted by Crippen LogP contribution is -2.54. The van der Waals surface area contributed by atoms with E-state index in [1.54, 1.807) is 36.4 Å². The molecule has 4 rings (SSSR count). The number of halogens is 2. The molecule has 1 fully saturated rings. The number of urea groups is 1. The molecule has 0 atom stereocenters. The first-order valence-electron chi connectivity index (χ1n) is 10.4.